The number of aryl methyl sites for hydroxylation is 1. The van der Waals surface area contributed by atoms with Crippen molar-refractivity contribution in [1.82, 2.24) is 5.16 Å². The fourth-order valence-electron chi connectivity index (χ4n) is 1.30. The van der Waals surface area contributed by atoms with E-state index in [2.05, 4.69) is 21.1 Å². The zero-order chi connectivity index (χ0) is 10.1. The first-order valence-electron chi connectivity index (χ1n) is 4.17. The summed E-state index contributed by atoms with van der Waals surface area (Å²) in [4.78, 5) is 0. The number of nitrogens with zero attached hydrogens (tertiary/aromatic N) is 1. The van der Waals surface area contributed by atoms with E-state index in [1.54, 1.807) is 0 Å². The SMILES string of the molecule is Cc1ccccc1-c1noc(N)c1Br. The van der Waals surface area contributed by atoms with E-state index in [1.807, 2.05) is 31.2 Å². The van der Waals surface area contributed by atoms with Crippen molar-refractivity contribution in [2.45, 2.75) is 6.92 Å². The van der Waals surface area contributed by atoms with Crippen LogP contribution in [0.4, 0.5) is 5.88 Å². The van der Waals surface area contributed by atoms with E-state index < -0.39 is 0 Å². The monoisotopic (exact) mass is 252 g/mol. The molecule has 0 amide bonds. The quantitative estimate of drug-likeness (QED) is 0.849. The van der Waals surface area contributed by atoms with E-state index in [-0.39, 0.29) is 0 Å². The van der Waals surface area contributed by atoms with Crippen LogP contribution in [-0.2, 0) is 0 Å². The minimum atomic E-state index is 0.309. The van der Waals surface area contributed by atoms with Gasteiger partial charge in [-0.25, -0.2) is 0 Å². The molecule has 3 nitrogen and oxygen atoms in total. The molecule has 0 aliphatic carbocycles. The number of anilines is 1. The van der Waals surface area contributed by atoms with Crippen LogP contribution in [0.25, 0.3) is 11.3 Å². The van der Waals surface area contributed by atoms with E-state index in [9.17, 15) is 0 Å². The van der Waals surface area contributed by atoms with Crippen molar-refractivity contribution < 1.29 is 4.52 Å². The Morgan fingerprint density at radius 1 is 1.36 bits per heavy atom. The van der Waals surface area contributed by atoms with Crippen LogP contribution in [-0.4, -0.2) is 5.16 Å². The molecule has 72 valence electrons. The van der Waals surface area contributed by atoms with Crippen molar-refractivity contribution >= 4 is 21.8 Å². The highest BCUT2D eigenvalue weighted by Gasteiger charge is 2.13. The number of nitrogens with two attached hydrogens (primary N) is 1. The van der Waals surface area contributed by atoms with Gasteiger partial charge in [0, 0.05) is 5.56 Å². The number of hydrogen-bond donors (Lipinski definition) is 1. The molecule has 2 aromatic rings. The van der Waals surface area contributed by atoms with Crippen molar-refractivity contribution in [3.05, 3.63) is 34.3 Å². The van der Waals surface area contributed by atoms with Crippen LogP contribution in [0, 0.1) is 6.92 Å². The highest BCUT2D eigenvalue weighted by atomic mass is 79.9. The lowest BCUT2D eigenvalue weighted by atomic mass is 10.1. The summed E-state index contributed by atoms with van der Waals surface area (Å²) in [5, 5.41) is 3.90. The summed E-state index contributed by atoms with van der Waals surface area (Å²) in [5.74, 6) is 0.309. The van der Waals surface area contributed by atoms with Gasteiger partial charge in [-0.05, 0) is 28.4 Å². The first-order chi connectivity index (χ1) is 6.70. The molecule has 0 fully saturated rings. The second kappa shape index (κ2) is 3.46. The Hall–Kier alpha value is -1.29. The van der Waals surface area contributed by atoms with Crippen molar-refractivity contribution in [1.29, 1.82) is 0 Å². The van der Waals surface area contributed by atoms with Crippen LogP contribution in [0.1, 0.15) is 5.56 Å². The summed E-state index contributed by atoms with van der Waals surface area (Å²) in [6, 6.07) is 7.94. The zero-order valence-electron chi connectivity index (χ0n) is 7.62. The predicted octanol–water partition coefficient (Wildman–Crippen LogP) is 2.99. The van der Waals surface area contributed by atoms with E-state index >= 15 is 0 Å². The van der Waals surface area contributed by atoms with Crippen LogP contribution in [0.15, 0.2) is 33.3 Å². The normalized spacial score (nSPS) is 10.4. The Morgan fingerprint density at radius 2 is 2.07 bits per heavy atom. The molecular weight excluding hydrogens is 244 g/mol. The first kappa shape index (κ1) is 9.27. The lowest BCUT2D eigenvalue weighted by Gasteiger charge is -2.00. The second-order valence-corrected chi connectivity index (χ2v) is 3.82. The maximum absolute atomic E-state index is 5.55. The Balaban J connectivity index is 2.60. The summed E-state index contributed by atoms with van der Waals surface area (Å²) in [6.45, 7) is 2.02. The molecule has 0 saturated heterocycles. The molecular formula is C10H9BrN2O. The predicted molar refractivity (Wildman–Crippen MR) is 58.8 cm³/mol. The smallest absolute Gasteiger partial charge is 0.237 e. The van der Waals surface area contributed by atoms with Gasteiger partial charge < -0.3 is 10.3 Å². The third kappa shape index (κ3) is 1.42. The summed E-state index contributed by atoms with van der Waals surface area (Å²) in [6.07, 6.45) is 0. The van der Waals surface area contributed by atoms with E-state index in [4.69, 9.17) is 10.3 Å². The minimum absolute atomic E-state index is 0.309. The van der Waals surface area contributed by atoms with Gasteiger partial charge in [0.15, 0.2) is 0 Å². The molecule has 0 saturated carbocycles. The first-order valence-corrected chi connectivity index (χ1v) is 4.96. The third-order valence-corrected chi connectivity index (χ3v) is 2.83. The van der Waals surface area contributed by atoms with Gasteiger partial charge in [-0.1, -0.05) is 29.4 Å². The number of rotatable bonds is 1. The second-order valence-electron chi connectivity index (χ2n) is 3.02. The van der Waals surface area contributed by atoms with Gasteiger partial charge in [0.25, 0.3) is 0 Å². The van der Waals surface area contributed by atoms with Gasteiger partial charge in [-0.2, -0.15) is 0 Å². The molecule has 1 aromatic heterocycles. The molecule has 1 aromatic carbocycles. The Labute approximate surface area is 90.0 Å². The van der Waals surface area contributed by atoms with Crippen molar-refractivity contribution in [3.8, 4) is 11.3 Å². The third-order valence-electron chi connectivity index (χ3n) is 2.06. The summed E-state index contributed by atoms with van der Waals surface area (Å²) in [7, 11) is 0. The molecule has 0 atom stereocenters. The molecule has 2 rings (SSSR count). The molecule has 0 aliphatic heterocycles. The average molecular weight is 253 g/mol. The van der Waals surface area contributed by atoms with Crippen molar-refractivity contribution in [2.24, 2.45) is 0 Å². The maximum Gasteiger partial charge on any atom is 0.237 e. The molecule has 0 aliphatic rings. The van der Waals surface area contributed by atoms with Crippen molar-refractivity contribution in [2.75, 3.05) is 5.73 Å². The van der Waals surface area contributed by atoms with Crippen LogP contribution in [0.2, 0.25) is 0 Å². The van der Waals surface area contributed by atoms with Crippen LogP contribution in [0.3, 0.4) is 0 Å². The van der Waals surface area contributed by atoms with Gasteiger partial charge in [0.2, 0.25) is 5.88 Å². The maximum atomic E-state index is 5.55. The number of aromatic nitrogens is 1. The molecule has 0 bridgehead atoms. The molecule has 0 spiro atoms. The fourth-order valence-corrected chi connectivity index (χ4v) is 1.66. The van der Waals surface area contributed by atoms with Gasteiger partial charge in [-0.3, -0.25) is 0 Å². The van der Waals surface area contributed by atoms with E-state index in [0.717, 1.165) is 16.8 Å². The van der Waals surface area contributed by atoms with Crippen LogP contribution < -0.4 is 5.73 Å². The zero-order valence-corrected chi connectivity index (χ0v) is 9.21. The van der Waals surface area contributed by atoms with E-state index in [0.29, 0.717) is 10.4 Å². The Kier molecular flexibility index (Phi) is 2.29. The summed E-state index contributed by atoms with van der Waals surface area (Å²) in [5.41, 5.74) is 8.47. The lowest BCUT2D eigenvalue weighted by Crippen LogP contribution is -1.84. The molecule has 4 heteroatoms. The Bertz CT molecular complexity index is 465. The minimum Gasteiger partial charge on any atom is -0.367 e. The largest absolute Gasteiger partial charge is 0.367 e. The summed E-state index contributed by atoms with van der Waals surface area (Å²) < 4.78 is 5.60. The topological polar surface area (TPSA) is 52.0 Å². The van der Waals surface area contributed by atoms with Crippen molar-refractivity contribution in [3.63, 3.8) is 0 Å². The lowest BCUT2D eigenvalue weighted by molar-refractivity contribution is 0.439. The van der Waals surface area contributed by atoms with Gasteiger partial charge in [0.1, 0.15) is 10.2 Å². The number of nitrogen functional groups attached to an aromatic ring is 1. The van der Waals surface area contributed by atoms with Crippen LogP contribution >= 0.6 is 15.9 Å². The number of halogens is 1. The molecule has 2 N–H and O–H groups in total. The average Bonchev–Trinajstić information content (AvgIpc) is 2.49. The summed E-state index contributed by atoms with van der Waals surface area (Å²) >= 11 is 3.34. The van der Waals surface area contributed by atoms with Gasteiger partial charge in [0.05, 0.1) is 0 Å². The molecule has 0 unspecified atom stereocenters. The molecule has 1 heterocycles. The van der Waals surface area contributed by atoms with Gasteiger partial charge >= 0.3 is 0 Å². The number of hydrogen-bond acceptors (Lipinski definition) is 3. The highest BCUT2D eigenvalue weighted by Crippen LogP contribution is 2.33. The highest BCUT2D eigenvalue weighted by molar-refractivity contribution is 9.10. The molecule has 14 heavy (non-hydrogen) atoms. The van der Waals surface area contributed by atoms with Crippen LogP contribution in [0.5, 0.6) is 0 Å². The van der Waals surface area contributed by atoms with Gasteiger partial charge in [-0.15, -0.1) is 0 Å². The Morgan fingerprint density at radius 3 is 2.64 bits per heavy atom. The standard InChI is InChI=1S/C10H9BrN2O/c1-6-4-2-3-5-7(6)9-8(11)10(12)14-13-9/h2-5H,12H2,1H3. The molecule has 0 radical (unpaired) electrons. The van der Waals surface area contributed by atoms with E-state index in [1.165, 1.54) is 0 Å². The fraction of sp³-hybridized carbons (Fsp3) is 0.100. The number of benzene rings is 1.